The largest absolute Gasteiger partial charge is 0.481 e. The van der Waals surface area contributed by atoms with Crippen LogP contribution in [0.4, 0.5) is 0 Å². The minimum Gasteiger partial charge on any atom is -0.481 e. The molecule has 0 aromatic carbocycles. The van der Waals surface area contributed by atoms with Crippen molar-refractivity contribution in [2.45, 2.75) is 25.5 Å². The molecule has 102 valence electrons. The van der Waals surface area contributed by atoms with Crippen LogP contribution in [0.2, 0.25) is 0 Å². The Morgan fingerprint density at radius 1 is 1.42 bits per heavy atom. The number of hydrogen-bond donors (Lipinski definition) is 1. The molecule has 0 spiro atoms. The second kappa shape index (κ2) is 5.48. The van der Waals surface area contributed by atoms with Crippen LogP contribution in [0, 0.1) is 13.8 Å². The van der Waals surface area contributed by atoms with Gasteiger partial charge in [-0.2, -0.15) is 5.10 Å². The normalized spacial score (nSPS) is 10.9. The SMILES string of the molecule is Cc1cn(Cc2cn(C)nc2C)c(SCC(=O)O)n1. The van der Waals surface area contributed by atoms with Crippen molar-refractivity contribution in [3.8, 4) is 0 Å². The van der Waals surface area contributed by atoms with Crippen LogP contribution in [-0.4, -0.2) is 36.2 Å². The summed E-state index contributed by atoms with van der Waals surface area (Å²) in [5.74, 6) is -0.822. The highest BCUT2D eigenvalue weighted by molar-refractivity contribution is 7.99. The number of aliphatic carboxylic acids is 1. The van der Waals surface area contributed by atoms with Crippen LogP contribution >= 0.6 is 11.8 Å². The van der Waals surface area contributed by atoms with Gasteiger partial charge in [-0.1, -0.05) is 11.8 Å². The van der Waals surface area contributed by atoms with E-state index in [-0.39, 0.29) is 5.75 Å². The van der Waals surface area contributed by atoms with Crippen LogP contribution in [0.15, 0.2) is 17.6 Å². The number of carboxylic acid groups (broad SMARTS) is 1. The summed E-state index contributed by atoms with van der Waals surface area (Å²) in [6.45, 7) is 4.52. The molecule has 2 rings (SSSR count). The van der Waals surface area contributed by atoms with Crippen molar-refractivity contribution in [3.63, 3.8) is 0 Å². The molecule has 0 amide bonds. The summed E-state index contributed by atoms with van der Waals surface area (Å²) in [4.78, 5) is 15.0. The standard InChI is InChI=1S/C12H16N4O2S/c1-8-4-16(12(13-8)19-7-11(17)18)6-10-5-15(3)14-9(10)2/h4-5H,6-7H2,1-3H3,(H,17,18). The van der Waals surface area contributed by atoms with E-state index < -0.39 is 5.97 Å². The van der Waals surface area contributed by atoms with Gasteiger partial charge in [-0.15, -0.1) is 0 Å². The summed E-state index contributed by atoms with van der Waals surface area (Å²) in [7, 11) is 1.88. The fourth-order valence-corrected chi connectivity index (χ4v) is 2.61. The Balaban J connectivity index is 2.19. The maximum absolute atomic E-state index is 10.6. The Bertz CT molecular complexity index is 603. The molecular formula is C12H16N4O2S. The van der Waals surface area contributed by atoms with E-state index in [1.54, 1.807) is 4.68 Å². The number of aromatic nitrogens is 4. The van der Waals surface area contributed by atoms with Crippen LogP contribution in [0.1, 0.15) is 17.0 Å². The zero-order chi connectivity index (χ0) is 14.0. The van der Waals surface area contributed by atoms with Crippen molar-refractivity contribution in [2.24, 2.45) is 7.05 Å². The zero-order valence-corrected chi connectivity index (χ0v) is 11.9. The molecule has 0 bridgehead atoms. The summed E-state index contributed by atoms with van der Waals surface area (Å²) in [6, 6.07) is 0. The number of thioether (sulfide) groups is 1. The van der Waals surface area contributed by atoms with E-state index in [4.69, 9.17) is 5.11 Å². The summed E-state index contributed by atoms with van der Waals surface area (Å²) in [5, 5.41) is 13.8. The van der Waals surface area contributed by atoms with E-state index in [0.717, 1.165) is 22.1 Å². The van der Waals surface area contributed by atoms with Crippen LogP contribution < -0.4 is 0 Å². The van der Waals surface area contributed by atoms with Gasteiger partial charge >= 0.3 is 5.97 Å². The average molecular weight is 280 g/mol. The lowest BCUT2D eigenvalue weighted by Crippen LogP contribution is -2.04. The summed E-state index contributed by atoms with van der Waals surface area (Å²) >= 11 is 1.23. The number of imidazole rings is 1. The highest BCUT2D eigenvalue weighted by Crippen LogP contribution is 2.19. The third kappa shape index (κ3) is 3.37. The molecule has 0 radical (unpaired) electrons. The molecular weight excluding hydrogens is 264 g/mol. The maximum Gasteiger partial charge on any atom is 0.313 e. The number of rotatable bonds is 5. The van der Waals surface area contributed by atoms with E-state index in [2.05, 4.69) is 10.1 Å². The van der Waals surface area contributed by atoms with Gasteiger partial charge in [0.05, 0.1) is 23.7 Å². The minimum absolute atomic E-state index is 0.0163. The number of nitrogens with zero attached hydrogens (tertiary/aromatic N) is 4. The average Bonchev–Trinajstić information content (AvgIpc) is 2.80. The topological polar surface area (TPSA) is 72.9 Å². The van der Waals surface area contributed by atoms with Gasteiger partial charge in [-0.3, -0.25) is 9.48 Å². The maximum atomic E-state index is 10.6. The van der Waals surface area contributed by atoms with Gasteiger partial charge in [0.25, 0.3) is 0 Å². The quantitative estimate of drug-likeness (QED) is 0.839. The van der Waals surface area contributed by atoms with Crippen molar-refractivity contribution in [1.29, 1.82) is 0 Å². The third-order valence-corrected chi connectivity index (χ3v) is 3.62. The van der Waals surface area contributed by atoms with Crippen molar-refractivity contribution in [3.05, 3.63) is 29.3 Å². The highest BCUT2D eigenvalue weighted by atomic mass is 32.2. The molecule has 0 saturated carbocycles. The molecule has 0 unspecified atom stereocenters. The molecule has 6 nitrogen and oxygen atoms in total. The molecule has 1 N–H and O–H groups in total. The third-order valence-electron chi connectivity index (χ3n) is 2.64. The molecule has 2 aromatic rings. The fraction of sp³-hybridized carbons (Fsp3) is 0.417. The Labute approximate surface area is 115 Å². The van der Waals surface area contributed by atoms with E-state index in [1.807, 2.05) is 37.9 Å². The lowest BCUT2D eigenvalue weighted by molar-refractivity contribution is -0.133. The van der Waals surface area contributed by atoms with Crippen molar-refractivity contribution >= 4 is 17.7 Å². The summed E-state index contributed by atoms with van der Waals surface area (Å²) < 4.78 is 3.74. The van der Waals surface area contributed by atoms with Crippen molar-refractivity contribution < 1.29 is 9.90 Å². The number of aryl methyl sites for hydroxylation is 3. The lowest BCUT2D eigenvalue weighted by Gasteiger charge is -2.05. The smallest absolute Gasteiger partial charge is 0.313 e. The Morgan fingerprint density at radius 3 is 2.74 bits per heavy atom. The van der Waals surface area contributed by atoms with Gasteiger partial charge in [-0.25, -0.2) is 4.98 Å². The monoisotopic (exact) mass is 280 g/mol. The molecule has 0 saturated heterocycles. The van der Waals surface area contributed by atoms with Crippen LogP contribution in [0.5, 0.6) is 0 Å². The van der Waals surface area contributed by atoms with E-state index in [9.17, 15) is 4.79 Å². The van der Waals surface area contributed by atoms with E-state index in [1.165, 1.54) is 11.8 Å². The van der Waals surface area contributed by atoms with Gasteiger partial charge in [0.1, 0.15) is 0 Å². The second-order valence-electron chi connectivity index (χ2n) is 4.39. The Kier molecular flexibility index (Phi) is 3.94. The number of carbonyl (C=O) groups is 1. The van der Waals surface area contributed by atoms with Crippen molar-refractivity contribution in [1.82, 2.24) is 19.3 Å². The van der Waals surface area contributed by atoms with Gasteiger partial charge in [0, 0.05) is 25.0 Å². The molecule has 0 atom stereocenters. The molecule has 7 heteroatoms. The van der Waals surface area contributed by atoms with Crippen LogP contribution in [0.3, 0.4) is 0 Å². The second-order valence-corrected chi connectivity index (χ2v) is 5.33. The number of carboxylic acids is 1. The van der Waals surface area contributed by atoms with Crippen LogP contribution in [0.25, 0.3) is 0 Å². The van der Waals surface area contributed by atoms with Gasteiger partial charge < -0.3 is 9.67 Å². The predicted octanol–water partition coefficient (Wildman–Crippen LogP) is 1.46. The van der Waals surface area contributed by atoms with Gasteiger partial charge in [0.15, 0.2) is 5.16 Å². The zero-order valence-electron chi connectivity index (χ0n) is 11.1. The molecule has 0 aliphatic carbocycles. The Hall–Kier alpha value is -1.76. The molecule has 19 heavy (non-hydrogen) atoms. The predicted molar refractivity (Wildman–Crippen MR) is 72.4 cm³/mol. The first-order chi connectivity index (χ1) is 8.95. The van der Waals surface area contributed by atoms with Gasteiger partial charge in [-0.05, 0) is 13.8 Å². The highest BCUT2D eigenvalue weighted by Gasteiger charge is 2.11. The Morgan fingerprint density at radius 2 is 2.16 bits per heavy atom. The first-order valence-corrected chi connectivity index (χ1v) is 6.81. The lowest BCUT2D eigenvalue weighted by atomic mass is 10.2. The first-order valence-electron chi connectivity index (χ1n) is 5.83. The fourth-order valence-electron chi connectivity index (χ4n) is 1.87. The van der Waals surface area contributed by atoms with E-state index >= 15 is 0 Å². The minimum atomic E-state index is -0.838. The van der Waals surface area contributed by atoms with Crippen LogP contribution in [-0.2, 0) is 18.4 Å². The molecule has 0 fully saturated rings. The number of hydrogen-bond acceptors (Lipinski definition) is 4. The van der Waals surface area contributed by atoms with Crippen molar-refractivity contribution in [2.75, 3.05) is 5.75 Å². The van der Waals surface area contributed by atoms with Gasteiger partial charge in [0.2, 0.25) is 0 Å². The molecule has 0 aliphatic rings. The molecule has 2 aromatic heterocycles. The van der Waals surface area contributed by atoms with E-state index in [0.29, 0.717) is 6.54 Å². The molecule has 2 heterocycles. The summed E-state index contributed by atoms with van der Waals surface area (Å²) in [5.41, 5.74) is 2.97. The molecule has 0 aliphatic heterocycles. The first kappa shape index (κ1) is 13.7. The summed E-state index contributed by atoms with van der Waals surface area (Å²) in [6.07, 6.45) is 3.90.